The van der Waals surface area contributed by atoms with Crippen LogP contribution in [0.4, 0.5) is 5.69 Å². The zero-order valence-corrected chi connectivity index (χ0v) is 15.8. The van der Waals surface area contributed by atoms with Gasteiger partial charge in [0.05, 0.1) is 7.11 Å². The summed E-state index contributed by atoms with van der Waals surface area (Å²) in [6, 6.07) is 11.7. The summed E-state index contributed by atoms with van der Waals surface area (Å²) in [6.07, 6.45) is 0. The maximum Gasteiger partial charge on any atom is 0.274 e. The number of hydrogen-bond acceptors (Lipinski definition) is 5. The average Bonchev–Trinajstić information content (AvgIpc) is 2.74. The molecule has 1 fully saturated rings. The SMILES string of the molecule is COc1ccc(NC(=O)c2cccc(C(=O)N3CCN(C(C)=O)CC3)n2)cc1. The number of hydrogen-bond donors (Lipinski definition) is 1. The number of carbonyl (C=O) groups is 3. The van der Waals surface area contributed by atoms with Gasteiger partial charge in [-0.05, 0) is 36.4 Å². The Morgan fingerprint density at radius 3 is 2.14 bits per heavy atom. The van der Waals surface area contributed by atoms with Crippen LogP contribution in [0.3, 0.4) is 0 Å². The van der Waals surface area contributed by atoms with Crippen molar-refractivity contribution in [1.29, 1.82) is 0 Å². The monoisotopic (exact) mass is 382 g/mol. The van der Waals surface area contributed by atoms with E-state index in [2.05, 4.69) is 10.3 Å². The van der Waals surface area contributed by atoms with Gasteiger partial charge in [0.15, 0.2) is 0 Å². The third-order valence-electron chi connectivity index (χ3n) is 4.56. The van der Waals surface area contributed by atoms with Gasteiger partial charge >= 0.3 is 0 Å². The molecule has 8 nitrogen and oxygen atoms in total. The molecule has 1 aliphatic heterocycles. The molecule has 1 aromatic carbocycles. The van der Waals surface area contributed by atoms with Crippen LogP contribution in [-0.4, -0.2) is 65.8 Å². The van der Waals surface area contributed by atoms with Crippen LogP contribution in [0.25, 0.3) is 0 Å². The maximum atomic E-state index is 12.7. The van der Waals surface area contributed by atoms with Gasteiger partial charge in [0, 0.05) is 38.8 Å². The zero-order valence-electron chi connectivity index (χ0n) is 15.8. The number of rotatable bonds is 4. The van der Waals surface area contributed by atoms with Gasteiger partial charge in [0.2, 0.25) is 5.91 Å². The molecule has 0 aliphatic carbocycles. The van der Waals surface area contributed by atoms with Gasteiger partial charge in [-0.15, -0.1) is 0 Å². The lowest BCUT2D eigenvalue weighted by atomic mass is 10.2. The third-order valence-corrected chi connectivity index (χ3v) is 4.56. The van der Waals surface area contributed by atoms with E-state index >= 15 is 0 Å². The van der Waals surface area contributed by atoms with Crippen molar-refractivity contribution in [2.75, 3.05) is 38.6 Å². The molecule has 146 valence electrons. The summed E-state index contributed by atoms with van der Waals surface area (Å²) in [6.45, 7) is 3.41. The molecule has 0 spiro atoms. The Kier molecular flexibility index (Phi) is 5.88. The fourth-order valence-electron chi connectivity index (χ4n) is 2.94. The van der Waals surface area contributed by atoms with E-state index in [0.717, 1.165) is 0 Å². The number of methoxy groups -OCH3 is 1. The summed E-state index contributed by atoms with van der Waals surface area (Å²) >= 11 is 0. The Morgan fingerprint density at radius 1 is 0.929 bits per heavy atom. The molecule has 0 unspecified atom stereocenters. The average molecular weight is 382 g/mol. The molecule has 2 aromatic rings. The molecule has 1 aromatic heterocycles. The standard InChI is InChI=1S/C20H22N4O4/c1-14(25)23-10-12-24(13-11-23)20(27)18-5-3-4-17(22-18)19(26)21-15-6-8-16(28-2)9-7-15/h3-9H,10-13H2,1-2H3,(H,21,26). The van der Waals surface area contributed by atoms with Crippen molar-refractivity contribution in [2.45, 2.75) is 6.92 Å². The van der Waals surface area contributed by atoms with E-state index in [0.29, 0.717) is 37.6 Å². The predicted octanol–water partition coefficient (Wildman–Crippen LogP) is 1.65. The first-order valence-electron chi connectivity index (χ1n) is 8.95. The molecule has 1 saturated heterocycles. The van der Waals surface area contributed by atoms with E-state index in [4.69, 9.17) is 4.74 Å². The lowest BCUT2D eigenvalue weighted by Crippen LogP contribution is -2.50. The normalized spacial score (nSPS) is 13.8. The molecule has 0 atom stereocenters. The molecule has 28 heavy (non-hydrogen) atoms. The number of carbonyl (C=O) groups excluding carboxylic acids is 3. The second-order valence-electron chi connectivity index (χ2n) is 6.39. The van der Waals surface area contributed by atoms with Crippen LogP contribution in [0.5, 0.6) is 5.75 Å². The van der Waals surface area contributed by atoms with E-state index in [9.17, 15) is 14.4 Å². The summed E-state index contributed by atoms with van der Waals surface area (Å²) in [7, 11) is 1.57. The van der Waals surface area contributed by atoms with Crippen molar-refractivity contribution >= 4 is 23.4 Å². The molecule has 1 aliphatic rings. The van der Waals surface area contributed by atoms with Crippen LogP contribution < -0.4 is 10.1 Å². The van der Waals surface area contributed by atoms with Crippen molar-refractivity contribution in [1.82, 2.24) is 14.8 Å². The number of nitrogens with one attached hydrogen (secondary N) is 1. The number of aromatic nitrogens is 1. The number of ether oxygens (including phenoxy) is 1. The van der Waals surface area contributed by atoms with Gasteiger partial charge in [0.1, 0.15) is 17.1 Å². The van der Waals surface area contributed by atoms with Gasteiger partial charge in [-0.25, -0.2) is 4.98 Å². The third kappa shape index (κ3) is 4.46. The molecule has 8 heteroatoms. The maximum absolute atomic E-state index is 12.7. The number of amides is 3. The van der Waals surface area contributed by atoms with Crippen molar-refractivity contribution in [3.05, 3.63) is 53.9 Å². The molecular formula is C20H22N4O4. The Hall–Kier alpha value is -3.42. The summed E-state index contributed by atoms with van der Waals surface area (Å²) < 4.78 is 5.09. The number of piperazine rings is 1. The Bertz CT molecular complexity index is 874. The van der Waals surface area contributed by atoms with E-state index in [1.165, 1.54) is 6.92 Å². The zero-order chi connectivity index (χ0) is 20.1. The summed E-state index contributed by atoms with van der Waals surface area (Å²) in [5.74, 6) is 0.0412. The quantitative estimate of drug-likeness (QED) is 0.868. The van der Waals surface area contributed by atoms with Crippen LogP contribution in [0.1, 0.15) is 27.9 Å². The van der Waals surface area contributed by atoms with Crippen molar-refractivity contribution in [3.63, 3.8) is 0 Å². The van der Waals surface area contributed by atoms with Crippen LogP contribution >= 0.6 is 0 Å². The smallest absolute Gasteiger partial charge is 0.274 e. The first kappa shape index (κ1) is 19.3. The van der Waals surface area contributed by atoms with Crippen molar-refractivity contribution < 1.29 is 19.1 Å². The van der Waals surface area contributed by atoms with Gasteiger partial charge in [-0.2, -0.15) is 0 Å². The highest BCUT2D eigenvalue weighted by molar-refractivity contribution is 6.03. The Balaban J connectivity index is 1.66. The van der Waals surface area contributed by atoms with Gasteiger partial charge in [-0.1, -0.05) is 6.07 Å². The summed E-state index contributed by atoms with van der Waals surface area (Å²) in [5, 5.41) is 2.75. The van der Waals surface area contributed by atoms with Crippen molar-refractivity contribution in [3.8, 4) is 5.75 Å². The van der Waals surface area contributed by atoms with E-state index < -0.39 is 5.91 Å². The molecule has 0 radical (unpaired) electrons. The van der Waals surface area contributed by atoms with E-state index in [1.54, 1.807) is 59.4 Å². The first-order chi connectivity index (χ1) is 13.5. The molecule has 3 rings (SSSR count). The van der Waals surface area contributed by atoms with Crippen LogP contribution in [0, 0.1) is 0 Å². The highest BCUT2D eigenvalue weighted by atomic mass is 16.5. The second-order valence-corrected chi connectivity index (χ2v) is 6.39. The van der Waals surface area contributed by atoms with Crippen LogP contribution in [0.15, 0.2) is 42.5 Å². The first-order valence-corrected chi connectivity index (χ1v) is 8.95. The summed E-state index contributed by atoms with van der Waals surface area (Å²) in [5.41, 5.74) is 0.965. The molecule has 0 bridgehead atoms. The van der Waals surface area contributed by atoms with Gasteiger partial charge in [-0.3, -0.25) is 14.4 Å². The minimum Gasteiger partial charge on any atom is -0.497 e. The predicted molar refractivity (Wildman–Crippen MR) is 103 cm³/mol. The number of pyridine rings is 1. The fraction of sp³-hybridized carbons (Fsp3) is 0.300. The topological polar surface area (TPSA) is 91.8 Å². The number of benzene rings is 1. The molecule has 0 saturated carbocycles. The molecule has 3 amide bonds. The number of anilines is 1. The lowest BCUT2D eigenvalue weighted by molar-refractivity contribution is -0.130. The minimum atomic E-state index is -0.402. The number of nitrogens with zero attached hydrogens (tertiary/aromatic N) is 3. The van der Waals surface area contributed by atoms with Gasteiger partial charge in [0.25, 0.3) is 11.8 Å². The Morgan fingerprint density at radius 2 is 1.54 bits per heavy atom. The second kappa shape index (κ2) is 8.51. The Labute approximate surface area is 163 Å². The van der Waals surface area contributed by atoms with Crippen LogP contribution in [0.2, 0.25) is 0 Å². The largest absolute Gasteiger partial charge is 0.497 e. The highest BCUT2D eigenvalue weighted by Gasteiger charge is 2.24. The van der Waals surface area contributed by atoms with E-state index in [1.807, 2.05) is 0 Å². The highest BCUT2D eigenvalue weighted by Crippen LogP contribution is 2.16. The van der Waals surface area contributed by atoms with Crippen LogP contribution in [-0.2, 0) is 4.79 Å². The minimum absolute atomic E-state index is 0.00224. The summed E-state index contributed by atoms with van der Waals surface area (Å²) in [4.78, 5) is 44.1. The van der Waals surface area contributed by atoms with Gasteiger partial charge < -0.3 is 19.9 Å². The van der Waals surface area contributed by atoms with E-state index in [-0.39, 0.29) is 23.2 Å². The lowest BCUT2D eigenvalue weighted by Gasteiger charge is -2.34. The van der Waals surface area contributed by atoms with Crippen molar-refractivity contribution in [2.24, 2.45) is 0 Å². The fourth-order valence-corrected chi connectivity index (χ4v) is 2.94. The molecule has 1 N–H and O–H groups in total. The molecular weight excluding hydrogens is 360 g/mol. The molecule has 2 heterocycles.